The molecule has 0 amide bonds. The molecule has 0 radical (unpaired) electrons. The van der Waals surface area contributed by atoms with Crippen molar-refractivity contribution in [3.8, 4) is 11.5 Å². The molecule has 0 saturated heterocycles. The molecule has 0 bridgehead atoms. The van der Waals surface area contributed by atoms with Crippen molar-refractivity contribution in [2.24, 2.45) is 0 Å². The number of benzene rings is 2. The quantitative estimate of drug-likeness (QED) is 0.838. The SMILES string of the molecule is CNC(=S)NCc1cccc(Oc2ccccc2)c1. The minimum atomic E-state index is 0.634. The van der Waals surface area contributed by atoms with Crippen LogP contribution in [0.4, 0.5) is 0 Å². The molecule has 2 aromatic carbocycles. The van der Waals surface area contributed by atoms with Gasteiger partial charge in [0.05, 0.1) is 0 Å². The Morgan fingerprint density at radius 2 is 1.79 bits per heavy atom. The second kappa shape index (κ2) is 6.75. The number of ether oxygens (including phenoxy) is 1. The lowest BCUT2D eigenvalue weighted by Gasteiger charge is -2.09. The van der Waals surface area contributed by atoms with Gasteiger partial charge >= 0.3 is 0 Å². The topological polar surface area (TPSA) is 33.3 Å². The van der Waals surface area contributed by atoms with Crippen molar-refractivity contribution in [3.63, 3.8) is 0 Å². The van der Waals surface area contributed by atoms with E-state index in [0.29, 0.717) is 11.7 Å². The first-order chi connectivity index (χ1) is 9.28. The lowest BCUT2D eigenvalue weighted by Crippen LogP contribution is -2.31. The molecule has 0 aliphatic carbocycles. The van der Waals surface area contributed by atoms with Gasteiger partial charge in [0.2, 0.25) is 0 Å². The first kappa shape index (κ1) is 13.4. The van der Waals surface area contributed by atoms with Crippen molar-refractivity contribution in [2.75, 3.05) is 7.05 Å². The third-order valence-corrected chi connectivity index (χ3v) is 2.91. The fourth-order valence-corrected chi connectivity index (χ4v) is 1.69. The van der Waals surface area contributed by atoms with Crippen LogP contribution in [0.3, 0.4) is 0 Å². The van der Waals surface area contributed by atoms with E-state index in [1.54, 1.807) is 7.05 Å². The van der Waals surface area contributed by atoms with Crippen molar-refractivity contribution in [1.82, 2.24) is 10.6 Å². The van der Waals surface area contributed by atoms with Gasteiger partial charge in [-0.3, -0.25) is 0 Å². The zero-order valence-electron chi connectivity index (χ0n) is 10.7. The molecule has 19 heavy (non-hydrogen) atoms. The molecule has 0 saturated carbocycles. The summed E-state index contributed by atoms with van der Waals surface area (Å²) < 4.78 is 5.78. The molecule has 2 aromatic rings. The van der Waals surface area contributed by atoms with Gasteiger partial charge in [-0.05, 0) is 42.0 Å². The second-order valence-electron chi connectivity index (χ2n) is 4.00. The van der Waals surface area contributed by atoms with Crippen molar-refractivity contribution in [3.05, 3.63) is 60.2 Å². The lowest BCUT2D eigenvalue weighted by molar-refractivity contribution is 0.482. The number of rotatable bonds is 4. The Hall–Kier alpha value is -2.07. The molecule has 0 unspecified atom stereocenters. The highest BCUT2D eigenvalue weighted by molar-refractivity contribution is 7.80. The largest absolute Gasteiger partial charge is 0.457 e. The standard InChI is InChI=1S/C15H16N2OS/c1-16-15(19)17-11-12-6-5-9-14(10-12)18-13-7-3-2-4-8-13/h2-10H,11H2,1H3,(H2,16,17,19). The highest BCUT2D eigenvalue weighted by Crippen LogP contribution is 2.21. The van der Waals surface area contributed by atoms with E-state index in [4.69, 9.17) is 17.0 Å². The zero-order valence-corrected chi connectivity index (χ0v) is 11.5. The minimum absolute atomic E-state index is 0.634. The van der Waals surface area contributed by atoms with Crippen LogP contribution in [-0.4, -0.2) is 12.2 Å². The number of thiocarbonyl (C=S) groups is 1. The normalized spacial score (nSPS) is 9.74. The van der Waals surface area contributed by atoms with Crippen molar-refractivity contribution >= 4 is 17.3 Å². The Balaban J connectivity index is 2.01. The number of hydrogen-bond acceptors (Lipinski definition) is 2. The molecule has 0 atom stereocenters. The fourth-order valence-electron chi connectivity index (χ4n) is 1.61. The van der Waals surface area contributed by atoms with E-state index in [-0.39, 0.29) is 0 Å². The Morgan fingerprint density at radius 1 is 1.05 bits per heavy atom. The number of nitrogens with one attached hydrogen (secondary N) is 2. The minimum Gasteiger partial charge on any atom is -0.457 e. The van der Waals surface area contributed by atoms with Crippen LogP contribution in [0.25, 0.3) is 0 Å². The van der Waals surface area contributed by atoms with Crippen molar-refractivity contribution < 1.29 is 4.74 Å². The zero-order chi connectivity index (χ0) is 13.5. The van der Waals surface area contributed by atoms with Crippen LogP contribution in [0.5, 0.6) is 11.5 Å². The van der Waals surface area contributed by atoms with Gasteiger partial charge in [0.1, 0.15) is 11.5 Å². The van der Waals surface area contributed by atoms with E-state index < -0.39 is 0 Å². The van der Waals surface area contributed by atoms with Crippen LogP contribution in [0.15, 0.2) is 54.6 Å². The van der Waals surface area contributed by atoms with Gasteiger partial charge in [-0.2, -0.15) is 0 Å². The van der Waals surface area contributed by atoms with Gasteiger partial charge < -0.3 is 15.4 Å². The monoisotopic (exact) mass is 272 g/mol. The summed E-state index contributed by atoms with van der Waals surface area (Å²) in [6.07, 6.45) is 0. The third-order valence-electron chi connectivity index (χ3n) is 2.56. The third kappa shape index (κ3) is 4.26. The molecule has 0 aliphatic heterocycles. The average Bonchev–Trinajstić information content (AvgIpc) is 2.46. The van der Waals surface area contributed by atoms with Crippen LogP contribution < -0.4 is 15.4 Å². The van der Waals surface area contributed by atoms with Crippen molar-refractivity contribution in [1.29, 1.82) is 0 Å². The van der Waals surface area contributed by atoms with E-state index in [1.165, 1.54) is 0 Å². The molecule has 2 rings (SSSR count). The maximum atomic E-state index is 5.78. The van der Waals surface area contributed by atoms with E-state index in [1.807, 2.05) is 54.6 Å². The maximum Gasteiger partial charge on any atom is 0.166 e. The van der Waals surface area contributed by atoms with E-state index in [0.717, 1.165) is 17.1 Å². The Bertz CT molecular complexity index is 543. The van der Waals surface area contributed by atoms with Crippen LogP contribution in [0, 0.1) is 0 Å². The molecule has 0 fully saturated rings. The summed E-state index contributed by atoms with van der Waals surface area (Å²) in [5, 5.41) is 6.62. The molecule has 0 aliphatic rings. The van der Waals surface area contributed by atoms with Gasteiger partial charge in [0, 0.05) is 13.6 Å². The first-order valence-corrected chi connectivity index (χ1v) is 6.46. The molecule has 98 valence electrons. The summed E-state index contributed by atoms with van der Waals surface area (Å²) in [6, 6.07) is 17.7. The molecule has 0 spiro atoms. The summed E-state index contributed by atoms with van der Waals surface area (Å²) in [7, 11) is 1.80. The molecular formula is C15H16N2OS. The highest BCUT2D eigenvalue weighted by Gasteiger charge is 1.99. The highest BCUT2D eigenvalue weighted by atomic mass is 32.1. The smallest absolute Gasteiger partial charge is 0.166 e. The van der Waals surface area contributed by atoms with Gasteiger partial charge in [0.15, 0.2) is 5.11 Å². The summed E-state index contributed by atoms with van der Waals surface area (Å²) in [5.74, 6) is 1.65. The first-order valence-electron chi connectivity index (χ1n) is 6.05. The second-order valence-corrected chi connectivity index (χ2v) is 4.40. The van der Waals surface area contributed by atoms with E-state index in [9.17, 15) is 0 Å². The molecule has 0 aromatic heterocycles. The Kier molecular flexibility index (Phi) is 4.75. The van der Waals surface area contributed by atoms with Crippen LogP contribution >= 0.6 is 12.2 Å². The maximum absolute atomic E-state index is 5.78. The summed E-state index contributed by atoms with van der Waals surface area (Å²) in [6.45, 7) is 0.672. The van der Waals surface area contributed by atoms with Gasteiger partial charge in [-0.1, -0.05) is 30.3 Å². The molecular weight excluding hydrogens is 256 g/mol. The fraction of sp³-hybridized carbons (Fsp3) is 0.133. The van der Waals surface area contributed by atoms with Crippen LogP contribution in [0.2, 0.25) is 0 Å². The Labute approximate surface area is 118 Å². The van der Waals surface area contributed by atoms with Gasteiger partial charge in [0.25, 0.3) is 0 Å². The molecule has 0 heterocycles. The molecule has 2 N–H and O–H groups in total. The van der Waals surface area contributed by atoms with E-state index >= 15 is 0 Å². The lowest BCUT2D eigenvalue weighted by atomic mass is 10.2. The molecule has 4 heteroatoms. The van der Waals surface area contributed by atoms with Gasteiger partial charge in [-0.15, -0.1) is 0 Å². The summed E-state index contributed by atoms with van der Waals surface area (Å²) in [4.78, 5) is 0. The Morgan fingerprint density at radius 3 is 2.53 bits per heavy atom. The van der Waals surface area contributed by atoms with Crippen LogP contribution in [0.1, 0.15) is 5.56 Å². The van der Waals surface area contributed by atoms with Gasteiger partial charge in [-0.25, -0.2) is 0 Å². The van der Waals surface area contributed by atoms with Crippen LogP contribution in [-0.2, 0) is 6.54 Å². The van der Waals surface area contributed by atoms with Crippen molar-refractivity contribution in [2.45, 2.75) is 6.54 Å². The molecule has 3 nitrogen and oxygen atoms in total. The average molecular weight is 272 g/mol. The number of hydrogen-bond donors (Lipinski definition) is 2. The van der Waals surface area contributed by atoms with E-state index in [2.05, 4.69) is 10.6 Å². The summed E-state index contributed by atoms with van der Waals surface area (Å²) in [5.41, 5.74) is 1.12. The predicted octanol–water partition coefficient (Wildman–Crippen LogP) is 3.07. The predicted molar refractivity (Wildman–Crippen MR) is 81.5 cm³/mol. The summed E-state index contributed by atoms with van der Waals surface area (Å²) >= 11 is 5.04. The number of para-hydroxylation sites is 1.